The van der Waals surface area contributed by atoms with Crippen molar-refractivity contribution in [2.75, 3.05) is 0 Å². The molecule has 0 saturated carbocycles. The number of rotatable bonds is 2. The number of carbonyl (C=O) groups excluding carboxylic acids is 1. The molecule has 0 aromatic heterocycles. The molecule has 1 aliphatic heterocycles. The molecule has 0 bridgehead atoms. The third kappa shape index (κ3) is 3.26. The van der Waals surface area contributed by atoms with Gasteiger partial charge >= 0.3 is 5.97 Å². The van der Waals surface area contributed by atoms with E-state index < -0.39 is 0 Å². The normalized spacial score (nSPS) is 16.0. The molecule has 2 aromatic carbocycles. The van der Waals surface area contributed by atoms with E-state index in [0.717, 1.165) is 15.6 Å². The second kappa shape index (κ2) is 5.88. The summed E-state index contributed by atoms with van der Waals surface area (Å²) in [6.45, 7) is 0. The van der Waals surface area contributed by atoms with Crippen LogP contribution in [-0.2, 0) is 9.53 Å². The van der Waals surface area contributed by atoms with E-state index in [0.29, 0.717) is 16.4 Å². The van der Waals surface area contributed by atoms with E-state index in [9.17, 15) is 4.79 Å². The van der Waals surface area contributed by atoms with E-state index in [-0.39, 0.29) is 5.97 Å². The minimum absolute atomic E-state index is 0.354. The molecule has 0 aliphatic carbocycles. The van der Waals surface area contributed by atoms with E-state index in [1.165, 1.54) is 0 Å². The van der Waals surface area contributed by atoms with Crippen LogP contribution in [0, 0.1) is 0 Å². The van der Waals surface area contributed by atoms with Crippen LogP contribution in [0.15, 0.2) is 64.7 Å². The Bertz CT molecular complexity index is 761. The predicted octanol–water partition coefficient (Wildman–Crippen LogP) is 5.08. The molecule has 1 heterocycles. The second-order valence-corrected chi connectivity index (χ2v) is 5.91. The second-order valence-electron chi connectivity index (χ2n) is 4.56. The van der Waals surface area contributed by atoms with Crippen molar-refractivity contribution in [3.8, 4) is 0 Å². The Balaban J connectivity index is 1.93. The van der Waals surface area contributed by atoms with Crippen molar-refractivity contribution < 1.29 is 9.53 Å². The molecule has 0 fully saturated rings. The topological polar surface area (TPSA) is 26.3 Å². The molecule has 0 N–H and O–H groups in total. The monoisotopic (exact) mass is 360 g/mol. The molecule has 21 heavy (non-hydrogen) atoms. The number of ether oxygens (including phenoxy) is 1. The molecule has 0 amide bonds. The molecule has 4 heteroatoms. The zero-order valence-corrected chi connectivity index (χ0v) is 13.2. The summed E-state index contributed by atoms with van der Waals surface area (Å²) in [6, 6.07) is 14.9. The van der Waals surface area contributed by atoms with Crippen LogP contribution in [0.25, 0.3) is 11.8 Å². The molecule has 0 spiro atoms. The van der Waals surface area contributed by atoms with Crippen LogP contribution in [0.1, 0.15) is 11.1 Å². The van der Waals surface area contributed by atoms with Gasteiger partial charge in [0.2, 0.25) is 0 Å². The minimum atomic E-state index is -0.354. The first-order valence-corrected chi connectivity index (χ1v) is 7.46. The Morgan fingerprint density at radius 3 is 2.57 bits per heavy atom. The molecule has 1 aliphatic rings. The molecule has 2 nitrogen and oxygen atoms in total. The maximum atomic E-state index is 11.9. The van der Waals surface area contributed by atoms with Crippen molar-refractivity contribution in [2.45, 2.75) is 0 Å². The molecule has 0 saturated heterocycles. The smallest absolute Gasteiger partial charge is 0.343 e. The van der Waals surface area contributed by atoms with Crippen molar-refractivity contribution in [2.24, 2.45) is 0 Å². The highest BCUT2D eigenvalue weighted by atomic mass is 79.9. The molecule has 104 valence electrons. The predicted molar refractivity (Wildman–Crippen MR) is 87.6 cm³/mol. The van der Waals surface area contributed by atoms with Gasteiger partial charge in [-0.3, -0.25) is 0 Å². The highest BCUT2D eigenvalue weighted by molar-refractivity contribution is 9.10. The van der Waals surface area contributed by atoms with Gasteiger partial charge in [-0.25, -0.2) is 4.79 Å². The van der Waals surface area contributed by atoms with Gasteiger partial charge in [0.25, 0.3) is 0 Å². The third-order valence-electron chi connectivity index (χ3n) is 3.02. The highest BCUT2D eigenvalue weighted by Gasteiger charge is 2.21. The third-order valence-corrected chi connectivity index (χ3v) is 3.79. The molecular formula is C17H10BrClO2. The Kier molecular flexibility index (Phi) is 3.95. The summed E-state index contributed by atoms with van der Waals surface area (Å²) in [5.74, 6) is 0.202. The SMILES string of the molecule is O=C1OC(c2ccc(Br)cc2)=C/C1=C/c1cccc(Cl)c1. The van der Waals surface area contributed by atoms with Gasteiger partial charge in [0.15, 0.2) is 0 Å². The zero-order valence-electron chi connectivity index (χ0n) is 10.8. The number of benzene rings is 2. The van der Waals surface area contributed by atoms with Gasteiger partial charge in [0.1, 0.15) is 5.76 Å². The fourth-order valence-electron chi connectivity index (χ4n) is 2.02. The van der Waals surface area contributed by atoms with Gasteiger partial charge in [0.05, 0.1) is 5.57 Å². The molecule has 0 radical (unpaired) electrons. The highest BCUT2D eigenvalue weighted by Crippen LogP contribution is 2.28. The average molecular weight is 362 g/mol. The molecule has 2 aromatic rings. The van der Waals surface area contributed by atoms with Gasteiger partial charge in [-0.15, -0.1) is 0 Å². The Labute approximate surface area is 135 Å². The summed E-state index contributed by atoms with van der Waals surface area (Å²) in [7, 11) is 0. The lowest BCUT2D eigenvalue weighted by Crippen LogP contribution is -1.97. The van der Waals surface area contributed by atoms with E-state index in [4.69, 9.17) is 16.3 Å². The molecular weight excluding hydrogens is 352 g/mol. The molecule has 0 unspecified atom stereocenters. The lowest BCUT2D eigenvalue weighted by molar-refractivity contribution is -0.130. The van der Waals surface area contributed by atoms with Crippen LogP contribution in [0.4, 0.5) is 0 Å². The first-order valence-electron chi connectivity index (χ1n) is 6.29. The lowest BCUT2D eigenvalue weighted by atomic mass is 10.1. The van der Waals surface area contributed by atoms with Gasteiger partial charge in [-0.05, 0) is 42.0 Å². The van der Waals surface area contributed by atoms with Gasteiger partial charge in [-0.2, -0.15) is 0 Å². The maximum Gasteiger partial charge on any atom is 0.343 e. The van der Waals surface area contributed by atoms with Crippen LogP contribution in [0.2, 0.25) is 5.02 Å². The lowest BCUT2D eigenvalue weighted by Gasteiger charge is -2.01. The van der Waals surface area contributed by atoms with E-state index in [1.54, 1.807) is 24.3 Å². The van der Waals surface area contributed by atoms with E-state index >= 15 is 0 Å². The number of carbonyl (C=O) groups is 1. The zero-order chi connectivity index (χ0) is 14.8. The Hall–Kier alpha value is -1.84. The van der Waals surface area contributed by atoms with Crippen molar-refractivity contribution >= 4 is 45.3 Å². The minimum Gasteiger partial charge on any atom is -0.422 e. The van der Waals surface area contributed by atoms with E-state index in [2.05, 4.69) is 15.9 Å². The number of esters is 1. The molecule has 3 rings (SSSR count). The maximum absolute atomic E-state index is 11.9. The summed E-state index contributed by atoms with van der Waals surface area (Å²) in [6.07, 6.45) is 3.51. The first kappa shape index (κ1) is 14.1. The standard InChI is InChI=1S/C17H10BrClO2/c18-14-6-4-12(5-7-14)16-10-13(17(20)21-16)8-11-2-1-3-15(19)9-11/h1-10H/b13-8-. The van der Waals surface area contributed by atoms with Gasteiger partial charge in [0, 0.05) is 15.1 Å². The number of hydrogen-bond acceptors (Lipinski definition) is 2. The van der Waals surface area contributed by atoms with Crippen LogP contribution in [0.3, 0.4) is 0 Å². The fraction of sp³-hybridized carbons (Fsp3) is 0. The summed E-state index contributed by atoms with van der Waals surface area (Å²) in [4.78, 5) is 11.9. The number of cyclic esters (lactones) is 1. The summed E-state index contributed by atoms with van der Waals surface area (Å²) >= 11 is 9.32. The van der Waals surface area contributed by atoms with Crippen molar-refractivity contribution in [1.82, 2.24) is 0 Å². The Morgan fingerprint density at radius 1 is 1.10 bits per heavy atom. The first-order chi connectivity index (χ1) is 10.1. The van der Waals surface area contributed by atoms with Crippen LogP contribution < -0.4 is 0 Å². The molecule has 0 atom stereocenters. The summed E-state index contributed by atoms with van der Waals surface area (Å²) < 4.78 is 6.29. The summed E-state index contributed by atoms with van der Waals surface area (Å²) in [5, 5.41) is 0.632. The van der Waals surface area contributed by atoms with Gasteiger partial charge < -0.3 is 4.74 Å². The van der Waals surface area contributed by atoms with Crippen molar-refractivity contribution in [3.63, 3.8) is 0 Å². The number of halogens is 2. The quantitative estimate of drug-likeness (QED) is 0.550. The van der Waals surface area contributed by atoms with Crippen LogP contribution in [0.5, 0.6) is 0 Å². The van der Waals surface area contributed by atoms with Crippen LogP contribution in [-0.4, -0.2) is 5.97 Å². The number of hydrogen-bond donors (Lipinski definition) is 0. The van der Waals surface area contributed by atoms with Gasteiger partial charge in [-0.1, -0.05) is 51.8 Å². The Morgan fingerprint density at radius 2 is 1.86 bits per heavy atom. The summed E-state index contributed by atoms with van der Waals surface area (Å²) in [5.41, 5.74) is 2.24. The van der Waals surface area contributed by atoms with Crippen molar-refractivity contribution in [1.29, 1.82) is 0 Å². The largest absolute Gasteiger partial charge is 0.422 e. The van der Waals surface area contributed by atoms with Crippen molar-refractivity contribution in [3.05, 3.63) is 80.8 Å². The average Bonchev–Trinajstić information content (AvgIpc) is 2.81. The van der Waals surface area contributed by atoms with E-state index in [1.807, 2.05) is 36.4 Å². The van der Waals surface area contributed by atoms with Crippen LogP contribution >= 0.6 is 27.5 Å². The fourth-order valence-corrected chi connectivity index (χ4v) is 2.48.